The van der Waals surface area contributed by atoms with Gasteiger partial charge in [-0.15, -0.1) is 0 Å². The van der Waals surface area contributed by atoms with E-state index in [1.54, 1.807) is 6.92 Å². The van der Waals surface area contributed by atoms with Crippen molar-refractivity contribution in [2.75, 3.05) is 19.7 Å². The summed E-state index contributed by atoms with van der Waals surface area (Å²) in [6.45, 7) is 4.06. The Morgan fingerprint density at radius 1 is 0.927 bits per heavy atom. The lowest BCUT2D eigenvalue weighted by Crippen LogP contribution is -2.57. The van der Waals surface area contributed by atoms with Crippen molar-refractivity contribution < 1.29 is 24.2 Å². The van der Waals surface area contributed by atoms with Gasteiger partial charge in [-0.25, -0.2) is 4.79 Å². The van der Waals surface area contributed by atoms with Gasteiger partial charge in [0, 0.05) is 38.0 Å². The number of aliphatic carboxylic acids is 1. The fraction of sp³-hybridized carbons (Fsp3) is 0.364. The van der Waals surface area contributed by atoms with E-state index in [-0.39, 0.29) is 31.3 Å². The third-order valence-corrected chi connectivity index (χ3v) is 8.16. The third-order valence-electron chi connectivity index (χ3n) is 8.16. The number of carbonyl (C=O) groups is 3. The first-order valence-corrected chi connectivity index (χ1v) is 14.2. The van der Waals surface area contributed by atoms with Crippen LogP contribution >= 0.6 is 0 Å². The Balaban J connectivity index is 1.25. The van der Waals surface area contributed by atoms with E-state index in [4.69, 9.17) is 9.84 Å². The lowest BCUT2D eigenvalue weighted by Gasteiger charge is -2.42. The van der Waals surface area contributed by atoms with Crippen molar-refractivity contribution in [3.05, 3.63) is 95.6 Å². The molecule has 3 N–H and O–H groups in total. The number of hydrogen-bond donors (Lipinski definition) is 3. The molecule has 1 fully saturated rings. The lowest BCUT2D eigenvalue weighted by atomic mass is 9.83. The number of carboxylic acid groups (broad SMARTS) is 1. The quantitative estimate of drug-likeness (QED) is 0.328. The summed E-state index contributed by atoms with van der Waals surface area (Å²) in [5.41, 5.74) is 5.01. The molecule has 8 heteroatoms. The predicted octanol–water partition coefficient (Wildman–Crippen LogP) is 4.93. The van der Waals surface area contributed by atoms with Gasteiger partial charge in [0.1, 0.15) is 6.61 Å². The van der Waals surface area contributed by atoms with Crippen molar-refractivity contribution in [2.24, 2.45) is 0 Å². The minimum Gasteiger partial charge on any atom is -0.481 e. The highest BCUT2D eigenvalue weighted by molar-refractivity contribution is 5.80. The summed E-state index contributed by atoms with van der Waals surface area (Å²) in [7, 11) is 0. The molecular weight excluding hydrogens is 518 g/mol. The molecule has 1 aliphatic carbocycles. The molecule has 2 amide bonds. The van der Waals surface area contributed by atoms with Crippen LogP contribution < -0.4 is 10.6 Å². The Morgan fingerprint density at radius 2 is 1.51 bits per heavy atom. The van der Waals surface area contributed by atoms with Gasteiger partial charge in [-0.2, -0.15) is 0 Å². The van der Waals surface area contributed by atoms with Crippen LogP contribution in [0.4, 0.5) is 4.79 Å². The zero-order valence-electron chi connectivity index (χ0n) is 23.3. The van der Waals surface area contributed by atoms with Gasteiger partial charge in [-0.1, -0.05) is 78.9 Å². The molecule has 3 aromatic rings. The summed E-state index contributed by atoms with van der Waals surface area (Å²) in [5, 5.41) is 14.9. The van der Waals surface area contributed by atoms with Crippen LogP contribution in [-0.2, 0) is 20.9 Å². The fourth-order valence-corrected chi connectivity index (χ4v) is 6.12. The van der Waals surface area contributed by atoms with Crippen molar-refractivity contribution in [3.63, 3.8) is 0 Å². The number of rotatable bonds is 10. The van der Waals surface area contributed by atoms with Crippen LogP contribution in [0.1, 0.15) is 55.2 Å². The standard InChI is InChI=1S/C33H37N3O5/c1-23(19-31(38)39)34-30(37)20-33(15-17-36(18-16-33)21-24-9-3-2-4-10-24)35-32(40)41-22-29-27-13-7-5-11-25(27)26-12-6-8-14-28(26)29/h2-14,23,29H,15-22H2,1H3,(H,34,37)(H,35,40)(H,38,39)/t23-/m1/s1. The second-order valence-corrected chi connectivity index (χ2v) is 11.2. The average molecular weight is 556 g/mol. The number of carboxylic acids is 1. The molecule has 3 aromatic carbocycles. The monoisotopic (exact) mass is 555 g/mol. The van der Waals surface area contributed by atoms with Crippen molar-refractivity contribution in [1.82, 2.24) is 15.5 Å². The SMILES string of the molecule is C[C@H](CC(=O)O)NC(=O)CC1(NC(=O)OCC2c3ccccc3-c3ccccc32)CCN(Cc2ccccc2)CC1. The number of benzene rings is 3. The number of likely N-dealkylation sites (tertiary alicyclic amines) is 1. The lowest BCUT2D eigenvalue weighted by molar-refractivity contribution is -0.137. The second kappa shape index (κ2) is 12.6. The molecule has 0 bridgehead atoms. The average Bonchev–Trinajstić information content (AvgIpc) is 3.27. The Labute approximate surface area is 240 Å². The molecule has 0 spiro atoms. The van der Waals surface area contributed by atoms with Crippen molar-refractivity contribution in [1.29, 1.82) is 0 Å². The molecule has 0 unspecified atom stereocenters. The van der Waals surface area contributed by atoms with E-state index in [1.165, 1.54) is 5.56 Å². The van der Waals surface area contributed by atoms with Crippen LogP contribution in [0, 0.1) is 0 Å². The zero-order chi connectivity index (χ0) is 28.8. The van der Waals surface area contributed by atoms with E-state index in [1.807, 2.05) is 42.5 Å². The van der Waals surface area contributed by atoms with Crippen LogP contribution in [-0.4, -0.2) is 59.3 Å². The van der Waals surface area contributed by atoms with E-state index in [2.05, 4.69) is 51.9 Å². The van der Waals surface area contributed by atoms with Crippen LogP contribution in [0.15, 0.2) is 78.9 Å². The maximum atomic E-state index is 13.3. The molecule has 214 valence electrons. The number of nitrogens with zero attached hydrogens (tertiary/aromatic N) is 1. The smallest absolute Gasteiger partial charge is 0.407 e. The minimum absolute atomic E-state index is 0.0559. The molecule has 0 radical (unpaired) electrons. The number of ether oxygens (including phenoxy) is 1. The van der Waals surface area contributed by atoms with E-state index in [0.29, 0.717) is 25.9 Å². The number of alkyl carbamates (subject to hydrolysis) is 1. The van der Waals surface area contributed by atoms with Crippen LogP contribution in [0.2, 0.25) is 0 Å². The van der Waals surface area contributed by atoms with Gasteiger partial charge in [-0.3, -0.25) is 14.5 Å². The highest BCUT2D eigenvalue weighted by atomic mass is 16.5. The minimum atomic E-state index is -0.974. The van der Waals surface area contributed by atoms with Gasteiger partial charge in [0.25, 0.3) is 0 Å². The topological polar surface area (TPSA) is 108 Å². The zero-order valence-corrected chi connectivity index (χ0v) is 23.3. The number of carbonyl (C=O) groups excluding carboxylic acids is 2. The van der Waals surface area contributed by atoms with Gasteiger partial charge in [0.2, 0.25) is 5.91 Å². The summed E-state index contributed by atoms with van der Waals surface area (Å²) in [6, 6.07) is 26.1. The van der Waals surface area contributed by atoms with Gasteiger partial charge in [0.15, 0.2) is 0 Å². The van der Waals surface area contributed by atoms with Crippen LogP contribution in [0.25, 0.3) is 11.1 Å². The summed E-state index contributed by atoms with van der Waals surface area (Å²) < 4.78 is 5.83. The Kier molecular flexibility index (Phi) is 8.69. The second-order valence-electron chi connectivity index (χ2n) is 11.2. The molecule has 0 saturated carbocycles. The normalized spacial score (nSPS) is 16.7. The van der Waals surface area contributed by atoms with Gasteiger partial charge >= 0.3 is 12.1 Å². The molecule has 41 heavy (non-hydrogen) atoms. The molecule has 5 rings (SSSR count). The van der Waals surface area contributed by atoms with E-state index in [0.717, 1.165) is 28.8 Å². The maximum absolute atomic E-state index is 13.3. The van der Waals surface area contributed by atoms with Crippen LogP contribution in [0.3, 0.4) is 0 Å². The molecule has 1 aliphatic heterocycles. The van der Waals surface area contributed by atoms with Gasteiger partial charge < -0.3 is 20.5 Å². The first-order chi connectivity index (χ1) is 19.8. The Morgan fingerprint density at radius 3 is 2.12 bits per heavy atom. The molecule has 1 saturated heterocycles. The molecular formula is C33H37N3O5. The third kappa shape index (κ3) is 6.95. The summed E-state index contributed by atoms with van der Waals surface area (Å²) in [6.07, 6.45) is 0.494. The first-order valence-electron chi connectivity index (χ1n) is 14.2. The molecule has 1 atom stereocenters. The van der Waals surface area contributed by atoms with Crippen molar-refractivity contribution in [3.8, 4) is 11.1 Å². The van der Waals surface area contributed by atoms with Crippen LogP contribution in [0.5, 0.6) is 0 Å². The highest BCUT2D eigenvalue weighted by Crippen LogP contribution is 2.44. The number of piperidine rings is 1. The molecule has 1 heterocycles. The summed E-state index contributed by atoms with van der Waals surface area (Å²) in [4.78, 5) is 39.7. The number of nitrogens with one attached hydrogen (secondary N) is 2. The molecule has 2 aliphatic rings. The van der Waals surface area contributed by atoms with E-state index >= 15 is 0 Å². The van der Waals surface area contributed by atoms with Crippen molar-refractivity contribution >= 4 is 18.0 Å². The van der Waals surface area contributed by atoms with E-state index < -0.39 is 23.6 Å². The fourth-order valence-electron chi connectivity index (χ4n) is 6.12. The number of fused-ring (bicyclic) bond motifs is 3. The molecule has 8 nitrogen and oxygen atoms in total. The highest BCUT2D eigenvalue weighted by Gasteiger charge is 2.39. The first kappa shape index (κ1) is 28.4. The van der Waals surface area contributed by atoms with Gasteiger partial charge in [-0.05, 0) is 47.6 Å². The Hall–Kier alpha value is -4.17. The largest absolute Gasteiger partial charge is 0.481 e. The maximum Gasteiger partial charge on any atom is 0.407 e. The number of hydrogen-bond acceptors (Lipinski definition) is 5. The number of amides is 2. The van der Waals surface area contributed by atoms with Gasteiger partial charge in [0.05, 0.1) is 12.0 Å². The predicted molar refractivity (Wildman–Crippen MR) is 156 cm³/mol. The summed E-state index contributed by atoms with van der Waals surface area (Å²) >= 11 is 0. The molecule has 0 aromatic heterocycles. The van der Waals surface area contributed by atoms with Crippen molar-refractivity contribution in [2.45, 2.75) is 56.7 Å². The Bertz CT molecular complexity index is 1340. The van der Waals surface area contributed by atoms with E-state index in [9.17, 15) is 14.4 Å². The summed E-state index contributed by atoms with van der Waals surface area (Å²) in [5.74, 6) is -1.32.